The molecular weight excluding hydrogens is 372 g/mol. The third-order valence-corrected chi connectivity index (χ3v) is 5.56. The fraction of sp³-hybridized carbons (Fsp3) is 0.0909. The van der Waals surface area contributed by atoms with E-state index in [1.165, 1.54) is 15.5 Å². The smallest absolute Gasteiger partial charge is 0.269 e. The molecule has 1 N–H and O–H groups in total. The summed E-state index contributed by atoms with van der Waals surface area (Å²) in [5.41, 5.74) is 0.462. The predicted octanol–water partition coefficient (Wildman–Crippen LogP) is 5.06. The molecule has 3 aromatic carbocycles. The van der Waals surface area contributed by atoms with Crippen LogP contribution in [0.1, 0.15) is 13.0 Å². The summed E-state index contributed by atoms with van der Waals surface area (Å²) in [6.07, 6.45) is 0. The molecule has 0 saturated heterocycles. The molecule has 1 amide bonds. The van der Waals surface area contributed by atoms with Crippen molar-refractivity contribution in [2.45, 2.75) is 13.0 Å². The minimum absolute atomic E-state index is 0.149. The molecule has 0 radical (unpaired) electrons. The van der Waals surface area contributed by atoms with Crippen LogP contribution in [0.15, 0.2) is 83.7 Å². The van der Waals surface area contributed by atoms with E-state index in [-0.39, 0.29) is 11.5 Å². The summed E-state index contributed by atoms with van der Waals surface area (Å²) in [4.78, 5) is 25.3. The van der Waals surface area contributed by atoms with Crippen molar-refractivity contribution in [3.63, 3.8) is 0 Å². The van der Waals surface area contributed by atoms with E-state index in [1.807, 2.05) is 60.7 Å². The number of fused-ring (bicyclic) bond motifs is 1. The summed E-state index contributed by atoms with van der Waals surface area (Å²) in [6.45, 7) is 1.72. The molecule has 0 fully saturated rings. The van der Waals surface area contributed by atoms with Crippen LogP contribution in [0.3, 0.4) is 0 Å². The molecule has 0 spiro atoms. The lowest BCUT2D eigenvalue weighted by Gasteiger charge is -2.13. The molecule has 1 atom stereocenters. The molecule has 0 bridgehead atoms. The number of nitrogens with one attached hydrogen (secondary N) is 1. The van der Waals surface area contributed by atoms with Gasteiger partial charge in [-0.2, -0.15) is 0 Å². The van der Waals surface area contributed by atoms with Gasteiger partial charge in [-0.05, 0) is 43.3 Å². The molecule has 6 heteroatoms. The lowest BCUT2D eigenvalue weighted by molar-refractivity contribution is -0.118. The molecule has 28 heavy (non-hydrogen) atoms. The minimum atomic E-state index is -0.622. The van der Waals surface area contributed by atoms with Crippen molar-refractivity contribution in [3.05, 3.63) is 89.2 Å². The first kappa shape index (κ1) is 18.0. The van der Waals surface area contributed by atoms with Crippen LogP contribution in [0.25, 0.3) is 10.1 Å². The molecule has 0 aliphatic heterocycles. The second kappa shape index (κ2) is 7.70. The first-order valence-corrected chi connectivity index (χ1v) is 9.63. The van der Waals surface area contributed by atoms with E-state index >= 15 is 0 Å². The standard InChI is InChI=1S/C22H18N2O3S/c1-15(24-22(26)19-12-5-6-13-20(19)28-24)21(25)23-16-8-7-11-18(14-16)27-17-9-3-2-4-10-17/h2-15H,1H3,(H,23,25). The normalized spacial score (nSPS) is 11.9. The summed E-state index contributed by atoms with van der Waals surface area (Å²) in [7, 11) is 0. The van der Waals surface area contributed by atoms with Gasteiger partial charge in [0.25, 0.3) is 5.56 Å². The molecule has 4 aromatic rings. The highest BCUT2D eigenvalue weighted by Crippen LogP contribution is 2.25. The zero-order valence-corrected chi connectivity index (χ0v) is 16.0. The van der Waals surface area contributed by atoms with Crippen molar-refractivity contribution >= 4 is 33.2 Å². The predicted molar refractivity (Wildman–Crippen MR) is 112 cm³/mol. The van der Waals surface area contributed by atoms with E-state index in [1.54, 1.807) is 25.1 Å². The average Bonchev–Trinajstić information content (AvgIpc) is 3.05. The first-order valence-electron chi connectivity index (χ1n) is 8.86. The Morgan fingerprint density at radius 1 is 0.964 bits per heavy atom. The highest BCUT2D eigenvalue weighted by atomic mass is 32.1. The maximum Gasteiger partial charge on any atom is 0.269 e. The van der Waals surface area contributed by atoms with Gasteiger partial charge in [-0.3, -0.25) is 13.5 Å². The second-order valence-electron chi connectivity index (χ2n) is 6.33. The third kappa shape index (κ3) is 3.68. The van der Waals surface area contributed by atoms with Crippen molar-refractivity contribution in [1.29, 1.82) is 0 Å². The molecule has 1 heterocycles. The number of rotatable bonds is 5. The van der Waals surface area contributed by atoms with Gasteiger partial charge in [-0.1, -0.05) is 47.9 Å². The Morgan fingerprint density at radius 3 is 2.46 bits per heavy atom. The molecule has 1 aromatic heterocycles. The third-order valence-electron chi connectivity index (χ3n) is 4.33. The summed E-state index contributed by atoms with van der Waals surface area (Å²) in [5, 5.41) is 3.50. The highest BCUT2D eigenvalue weighted by molar-refractivity contribution is 7.14. The average molecular weight is 390 g/mol. The number of carbonyl (C=O) groups is 1. The summed E-state index contributed by atoms with van der Waals surface area (Å²) in [6, 6.07) is 23.3. The number of ether oxygens (including phenoxy) is 1. The van der Waals surface area contributed by atoms with Crippen LogP contribution in [-0.4, -0.2) is 9.86 Å². The first-order chi connectivity index (χ1) is 13.6. The van der Waals surface area contributed by atoms with Crippen molar-refractivity contribution < 1.29 is 9.53 Å². The maximum atomic E-state index is 12.7. The minimum Gasteiger partial charge on any atom is -0.457 e. The molecule has 140 valence electrons. The maximum absolute atomic E-state index is 12.7. The monoisotopic (exact) mass is 390 g/mol. The fourth-order valence-electron chi connectivity index (χ4n) is 2.86. The topological polar surface area (TPSA) is 60.3 Å². The Morgan fingerprint density at radius 2 is 1.68 bits per heavy atom. The van der Waals surface area contributed by atoms with E-state index in [2.05, 4.69) is 5.32 Å². The number of para-hydroxylation sites is 1. The van der Waals surface area contributed by atoms with Crippen molar-refractivity contribution in [3.8, 4) is 11.5 Å². The van der Waals surface area contributed by atoms with Gasteiger partial charge in [0, 0.05) is 11.8 Å². The molecule has 5 nitrogen and oxygen atoms in total. The fourth-order valence-corrected chi connectivity index (χ4v) is 3.90. The van der Waals surface area contributed by atoms with Gasteiger partial charge in [-0.25, -0.2) is 0 Å². The van der Waals surface area contributed by atoms with E-state index in [4.69, 9.17) is 4.74 Å². The van der Waals surface area contributed by atoms with Crippen LogP contribution in [0, 0.1) is 0 Å². The number of carbonyl (C=O) groups excluding carboxylic acids is 1. The highest BCUT2D eigenvalue weighted by Gasteiger charge is 2.20. The van der Waals surface area contributed by atoms with Gasteiger partial charge in [0.15, 0.2) is 0 Å². The lowest BCUT2D eigenvalue weighted by atomic mass is 10.2. The van der Waals surface area contributed by atoms with Crippen molar-refractivity contribution in [1.82, 2.24) is 3.96 Å². The van der Waals surface area contributed by atoms with Crippen LogP contribution in [0.4, 0.5) is 5.69 Å². The Kier molecular flexibility index (Phi) is 4.95. The zero-order chi connectivity index (χ0) is 19.5. The van der Waals surface area contributed by atoms with E-state index < -0.39 is 6.04 Å². The Balaban J connectivity index is 1.52. The number of benzene rings is 3. The molecule has 4 rings (SSSR count). The van der Waals surface area contributed by atoms with Crippen molar-refractivity contribution in [2.75, 3.05) is 5.32 Å². The Bertz CT molecular complexity index is 1180. The number of nitrogens with zero attached hydrogens (tertiary/aromatic N) is 1. The van der Waals surface area contributed by atoms with Crippen LogP contribution < -0.4 is 15.6 Å². The Hall–Kier alpha value is -3.38. The molecule has 0 saturated carbocycles. The molecule has 0 aliphatic carbocycles. The number of hydrogen-bond donors (Lipinski definition) is 1. The summed E-state index contributed by atoms with van der Waals surface area (Å²) >= 11 is 1.29. The number of anilines is 1. The van der Waals surface area contributed by atoms with Crippen molar-refractivity contribution in [2.24, 2.45) is 0 Å². The summed E-state index contributed by atoms with van der Waals surface area (Å²) in [5.74, 6) is 1.08. The number of amides is 1. The largest absolute Gasteiger partial charge is 0.457 e. The quantitative estimate of drug-likeness (QED) is 0.518. The molecular formula is C22H18N2O3S. The van der Waals surface area contributed by atoms with Gasteiger partial charge in [-0.15, -0.1) is 0 Å². The second-order valence-corrected chi connectivity index (χ2v) is 7.34. The van der Waals surface area contributed by atoms with Crippen LogP contribution in [0.2, 0.25) is 0 Å². The van der Waals surface area contributed by atoms with E-state index in [0.29, 0.717) is 16.8 Å². The lowest BCUT2D eigenvalue weighted by Crippen LogP contribution is -2.28. The van der Waals surface area contributed by atoms with Gasteiger partial charge >= 0.3 is 0 Å². The SMILES string of the molecule is CC(C(=O)Nc1cccc(Oc2ccccc2)c1)n1sc2ccccc2c1=O. The van der Waals surface area contributed by atoms with Crippen LogP contribution in [0.5, 0.6) is 11.5 Å². The zero-order valence-electron chi connectivity index (χ0n) is 15.2. The molecule has 1 unspecified atom stereocenters. The summed E-state index contributed by atoms with van der Waals surface area (Å²) < 4.78 is 8.17. The van der Waals surface area contributed by atoms with Gasteiger partial charge in [0.2, 0.25) is 5.91 Å². The number of hydrogen-bond acceptors (Lipinski definition) is 4. The van der Waals surface area contributed by atoms with Gasteiger partial charge < -0.3 is 10.1 Å². The molecule has 0 aliphatic rings. The van der Waals surface area contributed by atoms with Gasteiger partial charge in [0.1, 0.15) is 17.5 Å². The van der Waals surface area contributed by atoms with Crippen LogP contribution in [-0.2, 0) is 4.79 Å². The Labute approximate surface area is 166 Å². The number of aromatic nitrogens is 1. The van der Waals surface area contributed by atoms with E-state index in [9.17, 15) is 9.59 Å². The van der Waals surface area contributed by atoms with E-state index in [0.717, 1.165) is 10.4 Å². The van der Waals surface area contributed by atoms with Gasteiger partial charge in [0.05, 0.1) is 10.1 Å². The van der Waals surface area contributed by atoms with Crippen LogP contribution >= 0.6 is 11.5 Å².